The van der Waals surface area contributed by atoms with Crippen LogP contribution in [-0.2, 0) is 4.79 Å². The highest BCUT2D eigenvalue weighted by Crippen LogP contribution is 2.44. The van der Waals surface area contributed by atoms with Gasteiger partial charge >= 0.3 is 0 Å². The van der Waals surface area contributed by atoms with Crippen LogP contribution in [0.15, 0.2) is 12.1 Å². The molecule has 4 heteroatoms. The van der Waals surface area contributed by atoms with Crippen LogP contribution in [0.1, 0.15) is 82.6 Å². The highest BCUT2D eigenvalue weighted by molar-refractivity contribution is 5.53. The van der Waals surface area contributed by atoms with Crippen molar-refractivity contribution in [2.24, 2.45) is 17.8 Å². The van der Waals surface area contributed by atoms with Crippen molar-refractivity contribution in [3.05, 3.63) is 29.3 Å². The molecular weight excluding hydrogens is 346 g/mol. The van der Waals surface area contributed by atoms with Gasteiger partial charge < -0.3 is 9.53 Å². The molecule has 2 fully saturated rings. The SMILES string of the molecule is CCCCOc1ccc(C2CCC(C3CCC(C=O)CC3)CC2)c(F)c1F. The first kappa shape index (κ1) is 20.3. The minimum Gasteiger partial charge on any atom is -0.490 e. The zero-order chi connectivity index (χ0) is 19.2. The summed E-state index contributed by atoms with van der Waals surface area (Å²) in [5, 5.41) is 0. The molecule has 0 bridgehead atoms. The van der Waals surface area contributed by atoms with Gasteiger partial charge in [0.2, 0.25) is 5.82 Å². The van der Waals surface area contributed by atoms with Crippen molar-refractivity contribution >= 4 is 6.29 Å². The lowest BCUT2D eigenvalue weighted by Gasteiger charge is -2.37. The Morgan fingerprint density at radius 2 is 1.59 bits per heavy atom. The normalized spacial score (nSPS) is 28.7. The zero-order valence-corrected chi connectivity index (χ0v) is 16.4. The number of benzene rings is 1. The summed E-state index contributed by atoms with van der Waals surface area (Å²) in [5.41, 5.74) is 0.512. The third-order valence-electron chi connectivity index (χ3n) is 6.72. The summed E-state index contributed by atoms with van der Waals surface area (Å²) in [6.07, 6.45) is 11.2. The summed E-state index contributed by atoms with van der Waals surface area (Å²) in [6.45, 7) is 2.46. The molecule has 0 amide bonds. The molecule has 27 heavy (non-hydrogen) atoms. The van der Waals surface area contributed by atoms with Crippen molar-refractivity contribution < 1.29 is 18.3 Å². The maximum atomic E-state index is 14.6. The lowest BCUT2D eigenvalue weighted by molar-refractivity contribution is -0.112. The van der Waals surface area contributed by atoms with Crippen molar-refractivity contribution in [2.75, 3.05) is 6.61 Å². The van der Waals surface area contributed by atoms with Gasteiger partial charge in [-0.15, -0.1) is 0 Å². The molecule has 1 aromatic carbocycles. The fraction of sp³-hybridized carbons (Fsp3) is 0.696. The quantitative estimate of drug-likeness (QED) is 0.404. The molecule has 0 saturated heterocycles. The number of rotatable bonds is 7. The van der Waals surface area contributed by atoms with E-state index in [0.29, 0.717) is 24.0 Å². The second-order valence-corrected chi connectivity index (χ2v) is 8.41. The number of hydrogen-bond donors (Lipinski definition) is 0. The van der Waals surface area contributed by atoms with E-state index in [9.17, 15) is 13.6 Å². The molecule has 0 N–H and O–H groups in total. The van der Waals surface area contributed by atoms with Gasteiger partial charge in [0.25, 0.3) is 0 Å². The molecule has 0 spiro atoms. The summed E-state index contributed by atoms with van der Waals surface area (Å²) in [4.78, 5) is 10.9. The number of ether oxygens (including phenoxy) is 1. The topological polar surface area (TPSA) is 26.3 Å². The maximum Gasteiger partial charge on any atom is 0.200 e. The van der Waals surface area contributed by atoms with E-state index in [1.54, 1.807) is 12.1 Å². The monoisotopic (exact) mass is 378 g/mol. The predicted molar refractivity (Wildman–Crippen MR) is 103 cm³/mol. The van der Waals surface area contributed by atoms with Crippen LogP contribution in [0.5, 0.6) is 5.75 Å². The first-order chi connectivity index (χ1) is 13.1. The molecule has 0 aromatic heterocycles. The highest BCUT2D eigenvalue weighted by atomic mass is 19.2. The van der Waals surface area contributed by atoms with Gasteiger partial charge in [0.1, 0.15) is 6.29 Å². The average Bonchev–Trinajstić information content (AvgIpc) is 2.72. The van der Waals surface area contributed by atoms with Gasteiger partial charge in [-0.25, -0.2) is 4.39 Å². The molecular formula is C23H32F2O2. The molecule has 0 unspecified atom stereocenters. The molecule has 0 radical (unpaired) electrons. The predicted octanol–water partition coefficient (Wildman–Crippen LogP) is 6.42. The second kappa shape index (κ2) is 9.66. The largest absolute Gasteiger partial charge is 0.490 e. The van der Waals surface area contributed by atoms with E-state index in [1.807, 2.05) is 6.92 Å². The lowest BCUT2D eigenvalue weighted by atomic mass is 9.68. The molecule has 2 aliphatic carbocycles. The Kier molecular flexibility index (Phi) is 7.26. The summed E-state index contributed by atoms with van der Waals surface area (Å²) < 4.78 is 34.3. The van der Waals surface area contributed by atoms with Crippen LogP contribution < -0.4 is 4.74 Å². The average molecular weight is 379 g/mol. The summed E-state index contributed by atoms with van der Waals surface area (Å²) in [6, 6.07) is 3.32. The van der Waals surface area contributed by atoms with Crippen LogP contribution in [0.4, 0.5) is 8.78 Å². The second-order valence-electron chi connectivity index (χ2n) is 8.41. The van der Waals surface area contributed by atoms with E-state index >= 15 is 0 Å². The van der Waals surface area contributed by atoms with Gasteiger partial charge in [-0.2, -0.15) is 4.39 Å². The molecule has 2 saturated carbocycles. The van der Waals surface area contributed by atoms with Crippen molar-refractivity contribution in [1.29, 1.82) is 0 Å². The number of halogens is 2. The molecule has 3 rings (SSSR count). The van der Waals surface area contributed by atoms with Gasteiger partial charge in [-0.1, -0.05) is 19.4 Å². The third kappa shape index (κ3) is 4.89. The molecule has 0 heterocycles. The fourth-order valence-corrected chi connectivity index (χ4v) is 4.95. The number of unbranched alkanes of at least 4 members (excludes halogenated alkanes) is 1. The molecule has 150 valence electrons. The number of hydrogen-bond acceptors (Lipinski definition) is 2. The van der Waals surface area contributed by atoms with Crippen molar-refractivity contribution in [1.82, 2.24) is 0 Å². The van der Waals surface area contributed by atoms with E-state index in [-0.39, 0.29) is 17.6 Å². The molecule has 1 aromatic rings. The lowest BCUT2D eigenvalue weighted by Crippen LogP contribution is -2.26. The summed E-state index contributed by atoms with van der Waals surface area (Å²) >= 11 is 0. The van der Waals surface area contributed by atoms with E-state index in [1.165, 1.54) is 0 Å². The first-order valence-corrected chi connectivity index (χ1v) is 10.7. The number of carbonyl (C=O) groups excluding carboxylic acids is 1. The Morgan fingerprint density at radius 3 is 2.19 bits per heavy atom. The molecule has 0 atom stereocenters. The van der Waals surface area contributed by atoms with Crippen LogP contribution in [-0.4, -0.2) is 12.9 Å². The smallest absolute Gasteiger partial charge is 0.200 e. The molecule has 2 aliphatic rings. The Balaban J connectivity index is 1.56. The maximum absolute atomic E-state index is 14.6. The summed E-state index contributed by atoms with van der Waals surface area (Å²) in [7, 11) is 0. The van der Waals surface area contributed by atoms with Crippen LogP contribution in [0.3, 0.4) is 0 Å². The fourth-order valence-electron chi connectivity index (χ4n) is 4.95. The van der Waals surface area contributed by atoms with Gasteiger partial charge in [-0.05, 0) is 87.2 Å². The van der Waals surface area contributed by atoms with Crippen molar-refractivity contribution in [3.63, 3.8) is 0 Å². The van der Waals surface area contributed by atoms with Crippen LogP contribution in [0.25, 0.3) is 0 Å². The molecule has 2 nitrogen and oxygen atoms in total. The minimum absolute atomic E-state index is 0.0327. The minimum atomic E-state index is -0.835. The Hall–Kier alpha value is -1.45. The van der Waals surface area contributed by atoms with Crippen molar-refractivity contribution in [3.8, 4) is 5.75 Å². The van der Waals surface area contributed by atoms with Gasteiger partial charge in [0.05, 0.1) is 6.61 Å². The Labute approximate surface area is 161 Å². The van der Waals surface area contributed by atoms with Gasteiger partial charge in [-0.3, -0.25) is 0 Å². The highest BCUT2D eigenvalue weighted by Gasteiger charge is 2.32. The summed E-state index contributed by atoms with van der Waals surface area (Å²) in [5.74, 6) is 0.220. The van der Waals surface area contributed by atoms with Crippen LogP contribution >= 0.6 is 0 Å². The van der Waals surface area contributed by atoms with Crippen LogP contribution in [0, 0.1) is 29.4 Å². The van der Waals surface area contributed by atoms with Crippen molar-refractivity contribution in [2.45, 2.75) is 77.0 Å². The Morgan fingerprint density at radius 1 is 0.963 bits per heavy atom. The zero-order valence-electron chi connectivity index (χ0n) is 16.4. The first-order valence-electron chi connectivity index (χ1n) is 10.7. The number of aldehydes is 1. The van der Waals surface area contributed by atoms with E-state index in [0.717, 1.165) is 70.5 Å². The van der Waals surface area contributed by atoms with Gasteiger partial charge in [0, 0.05) is 5.92 Å². The van der Waals surface area contributed by atoms with E-state index in [2.05, 4.69) is 0 Å². The van der Waals surface area contributed by atoms with E-state index < -0.39 is 11.6 Å². The van der Waals surface area contributed by atoms with E-state index in [4.69, 9.17) is 4.74 Å². The standard InChI is InChI=1S/C23H32F2O2/c1-2-3-14-27-21-13-12-20(22(24)23(21)25)19-10-8-18(9-11-19)17-6-4-16(15-26)5-7-17/h12-13,15-19H,2-11,14H2,1H3. The van der Waals surface area contributed by atoms with Gasteiger partial charge in [0.15, 0.2) is 11.6 Å². The van der Waals surface area contributed by atoms with Crippen LogP contribution in [0.2, 0.25) is 0 Å². The number of carbonyl (C=O) groups is 1. The molecule has 0 aliphatic heterocycles. The third-order valence-corrected chi connectivity index (χ3v) is 6.72. The Bertz CT molecular complexity index is 615.